The van der Waals surface area contributed by atoms with Gasteiger partial charge in [0.2, 0.25) is 11.8 Å². The fraction of sp³-hybridized carbons (Fsp3) is 0.250. The minimum Gasteiger partial charge on any atom is -0.497 e. The molecule has 168 valence electrons. The SMILES string of the molecule is COc1ccc(Oc2ncccc2N(Cc2cc(OC)ccc2OCCO)C(C)=O)cc1. The van der Waals surface area contributed by atoms with Gasteiger partial charge in [0.15, 0.2) is 0 Å². The van der Waals surface area contributed by atoms with Gasteiger partial charge in [-0.15, -0.1) is 0 Å². The molecule has 0 atom stereocenters. The fourth-order valence-corrected chi connectivity index (χ4v) is 3.06. The van der Waals surface area contributed by atoms with Crippen LogP contribution in [0.3, 0.4) is 0 Å². The van der Waals surface area contributed by atoms with Gasteiger partial charge in [-0.25, -0.2) is 4.98 Å². The predicted molar refractivity (Wildman–Crippen MR) is 120 cm³/mol. The molecule has 0 radical (unpaired) electrons. The van der Waals surface area contributed by atoms with Gasteiger partial charge < -0.3 is 29.0 Å². The third-order valence-electron chi connectivity index (χ3n) is 4.64. The highest BCUT2D eigenvalue weighted by Crippen LogP contribution is 2.34. The quantitative estimate of drug-likeness (QED) is 0.515. The second-order valence-electron chi connectivity index (χ2n) is 6.76. The van der Waals surface area contributed by atoms with Crippen molar-refractivity contribution in [3.63, 3.8) is 0 Å². The van der Waals surface area contributed by atoms with Gasteiger partial charge in [0.1, 0.15) is 35.3 Å². The molecule has 0 aliphatic carbocycles. The van der Waals surface area contributed by atoms with E-state index in [2.05, 4.69) is 4.98 Å². The highest BCUT2D eigenvalue weighted by molar-refractivity contribution is 5.92. The third-order valence-corrected chi connectivity index (χ3v) is 4.64. The molecule has 0 fully saturated rings. The van der Waals surface area contributed by atoms with Crippen molar-refractivity contribution >= 4 is 11.6 Å². The van der Waals surface area contributed by atoms with Crippen molar-refractivity contribution in [3.8, 4) is 28.9 Å². The van der Waals surface area contributed by atoms with Crippen LogP contribution < -0.4 is 23.8 Å². The number of carbonyl (C=O) groups excluding carboxylic acids is 1. The van der Waals surface area contributed by atoms with Crippen molar-refractivity contribution in [2.45, 2.75) is 13.5 Å². The number of benzene rings is 2. The number of aliphatic hydroxyl groups excluding tert-OH is 1. The number of amides is 1. The lowest BCUT2D eigenvalue weighted by Gasteiger charge is -2.24. The van der Waals surface area contributed by atoms with Gasteiger partial charge in [-0.1, -0.05) is 0 Å². The maximum Gasteiger partial charge on any atom is 0.243 e. The fourth-order valence-electron chi connectivity index (χ4n) is 3.06. The summed E-state index contributed by atoms with van der Waals surface area (Å²) in [6.45, 7) is 1.68. The summed E-state index contributed by atoms with van der Waals surface area (Å²) < 4.78 is 22.1. The van der Waals surface area contributed by atoms with E-state index >= 15 is 0 Å². The van der Waals surface area contributed by atoms with E-state index in [0.29, 0.717) is 34.2 Å². The third kappa shape index (κ3) is 5.67. The Labute approximate surface area is 186 Å². The van der Waals surface area contributed by atoms with Crippen LogP contribution in [0.5, 0.6) is 28.9 Å². The zero-order chi connectivity index (χ0) is 22.9. The van der Waals surface area contributed by atoms with Crippen LogP contribution in [0.4, 0.5) is 5.69 Å². The Morgan fingerprint density at radius 2 is 1.69 bits per heavy atom. The number of rotatable bonds is 10. The zero-order valence-electron chi connectivity index (χ0n) is 18.3. The zero-order valence-corrected chi connectivity index (χ0v) is 18.3. The molecule has 3 aromatic rings. The number of nitrogens with zero attached hydrogens (tertiary/aromatic N) is 2. The first-order valence-electron chi connectivity index (χ1n) is 10.0. The van der Waals surface area contributed by atoms with E-state index in [1.807, 2.05) is 0 Å². The Hall–Kier alpha value is -3.78. The van der Waals surface area contributed by atoms with E-state index in [1.54, 1.807) is 79.9 Å². The Morgan fingerprint density at radius 1 is 1.00 bits per heavy atom. The summed E-state index contributed by atoms with van der Waals surface area (Å²) in [5.41, 5.74) is 1.22. The second-order valence-corrected chi connectivity index (χ2v) is 6.76. The standard InChI is InChI=1S/C24H26N2O6/c1-17(28)26(16-18-15-21(30-3)10-11-23(18)31-14-13-27)22-5-4-12-25-24(22)32-20-8-6-19(29-2)7-9-20/h4-12,15,27H,13-14,16H2,1-3H3. The molecule has 1 heterocycles. The molecular weight excluding hydrogens is 412 g/mol. The van der Waals surface area contributed by atoms with Crippen LogP contribution in [0, 0.1) is 0 Å². The van der Waals surface area contributed by atoms with Crippen LogP contribution in [0.2, 0.25) is 0 Å². The smallest absolute Gasteiger partial charge is 0.243 e. The Kier molecular flexibility index (Phi) is 7.88. The number of aromatic nitrogens is 1. The van der Waals surface area contributed by atoms with Crippen molar-refractivity contribution in [1.29, 1.82) is 0 Å². The summed E-state index contributed by atoms with van der Waals surface area (Å²) >= 11 is 0. The van der Waals surface area contributed by atoms with Crippen LogP contribution in [-0.2, 0) is 11.3 Å². The van der Waals surface area contributed by atoms with Crippen LogP contribution in [0.15, 0.2) is 60.8 Å². The van der Waals surface area contributed by atoms with Crippen molar-refractivity contribution < 1.29 is 28.8 Å². The molecular formula is C24H26N2O6. The van der Waals surface area contributed by atoms with E-state index in [9.17, 15) is 4.79 Å². The van der Waals surface area contributed by atoms with Crippen molar-refractivity contribution in [2.24, 2.45) is 0 Å². The summed E-state index contributed by atoms with van der Waals surface area (Å²) in [6.07, 6.45) is 1.60. The summed E-state index contributed by atoms with van der Waals surface area (Å²) in [7, 11) is 3.16. The minimum atomic E-state index is -0.200. The molecule has 0 bridgehead atoms. The molecule has 1 N–H and O–H groups in total. The molecule has 1 aromatic heterocycles. The predicted octanol–water partition coefficient (Wildman–Crippen LogP) is 3.82. The van der Waals surface area contributed by atoms with Gasteiger partial charge in [0.05, 0.1) is 27.4 Å². The number of hydrogen-bond acceptors (Lipinski definition) is 7. The van der Waals surface area contributed by atoms with Crippen LogP contribution >= 0.6 is 0 Å². The van der Waals surface area contributed by atoms with Gasteiger partial charge in [0.25, 0.3) is 0 Å². The lowest BCUT2D eigenvalue weighted by molar-refractivity contribution is -0.116. The molecule has 8 heteroatoms. The lowest BCUT2D eigenvalue weighted by atomic mass is 10.1. The number of hydrogen-bond donors (Lipinski definition) is 1. The topological polar surface area (TPSA) is 90.4 Å². The van der Waals surface area contributed by atoms with Crippen LogP contribution in [0.1, 0.15) is 12.5 Å². The highest BCUT2D eigenvalue weighted by atomic mass is 16.5. The van der Waals surface area contributed by atoms with Gasteiger partial charge in [0, 0.05) is 18.7 Å². The van der Waals surface area contributed by atoms with E-state index in [0.717, 1.165) is 0 Å². The van der Waals surface area contributed by atoms with Gasteiger partial charge in [-0.2, -0.15) is 0 Å². The van der Waals surface area contributed by atoms with Gasteiger partial charge >= 0.3 is 0 Å². The molecule has 3 rings (SSSR count). The minimum absolute atomic E-state index is 0.121. The maximum absolute atomic E-state index is 12.6. The lowest BCUT2D eigenvalue weighted by Crippen LogP contribution is -2.28. The van der Waals surface area contributed by atoms with Crippen molar-refractivity contribution in [1.82, 2.24) is 4.98 Å². The van der Waals surface area contributed by atoms with Crippen LogP contribution in [-0.4, -0.2) is 43.4 Å². The van der Waals surface area contributed by atoms with Gasteiger partial charge in [-0.05, 0) is 54.6 Å². The molecule has 0 aliphatic heterocycles. The second kappa shape index (κ2) is 11.0. The normalized spacial score (nSPS) is 10.4. The van der Waals surface area contributed by atoms with Gasteiger partial charge in [-0.3, -0.25) is 4.79 Å². The number of carbonyl (C=O) groups is 1. The molecule has 0 unspecified atom stereocenters. The monoisotopic (exact) mass is 438 g/mol. The molecule has 0 aliphatic rings. The first-order valence-corrected chi connectivity index (χ1v) is 10.0. The average Bonchev–Trinajstić information content (AvgIpc) is 2.82. The Balaban J connectivity index is 1.93. The number of pyridine rings is 1. The van der Waals surface area contributed by atoms with E-state index < -0.39 is 0 Å². The molecule has 0 saturated carbocycles. The average molecular weight is 438 g/mol. The maximum atomic E-state index is 12.6. The van der Waals surface area contributed by atoms with Crippen molar-refractivity contribution in [3.05, 3.63) is 66.4 Å². The van der Waals surface area contributed by atoms with E-state index in [1.165, 1.54) is 6.92 Å². The molecule has 2 aromatic carbocycles. The number of methoxy groups -OCH3 is 2. The van der Waals surface area contributed by atoms with E-state index in [-0.39, 0.29) is 31.5 Å². The van der Waals surface area contributed by atoms with Crippen molar-refractivity contribution in [2.75, 3.05) is 32.3 Å². The molecule has 1 amide bonds. The Bertz CT molecular complexity index is 1040. The number of ether oxygens (including phenoxy) is 4. The largest absolute Gasteiger partial charge is 0.497 e. The highest BCUT2D eigenvalue weighted by Gasteiger charge is 2.20. The van der Waals surface area contributed by atoms with Crippen LogP contribution in [0.25, 0.3) is 0 Å². The first kappa shape index (κ1) is 22.9. The molecule has 0 saturated heterocycles. The summed E-state index contributed by atoms with van der Waals surface area (Å²) in [5.74, 6) is 2.52. The summed E-state index contributed by atoms with van der Waals surface area (Å²) in [4.78, 5) is 18.5. The number of aliphatic hydroxyl groups is 1. The molecule has 8 nitrogen and oxygen atoms in total. The summed E-state index contributed by atoms with van der Waals surface area (Å²) in [6, 6.07) is 15.9. The molecule has 0 spiro atoms. The first-order chi connectivity index (χ1) is 15.5. The van der Waals surface area contributed by atoms with E-state index in [4.69, 9.17) is 24.1 Å². The summed E-state index contributed by atoms with van der Waals surface area (Å²) in [5, 5.41) is 9.13. The number of anilines is 1. The Morgan fingerprint density at radius 3 is 2.34 bits per heavy atom. The molecule has 32 heavy (non-hydrogen) atoms.